The molecule has 0 atom stereocenters. The van der Waals surface area contributed by atoms with Crippen molar-refractivity contribution in [2.75, 3.05) is 7.11 Å². The van der Waals surface area contributed by atoms with Crippen molar-refractivity contribution in [3.8, 4) is 11.5 Å². The highest BCUT2D eigenvalue weighted by molar-refractivity contribution is 14.1. The smallest absolute Gasteiger partial charge is 0.264 e. The zero-order valence-corrected chi connectivity index (χ0v) is 21.5. The number of para-hydroxylation sites is 1. The largest absolute Gasteiger partial charge is 0.493 e. The summed E-state index contributed by atoms with van der Waals surface area (Å²) >= 11 is 7.00. The molecule has 1 aliphatic rings. The Bertz CT molecular complexity index is 1220. The van der Waals surface area contributed by atoms with E-state index in [4.69, 9.17) is 9.47 Å². The third-order valence-electron chi connectivity index (χ3n) is 4.50. The topological polar surface area (TPSA) is 59.9 Å². The van der Waals surface area contributed by atoms with Crippen molar-refractivity contribution in [2.45, 2.75) is 6.61 Å². The fourth-order valence-corrected chi connectivity index (χ4v) is 4.97. The van der Waals surface area contributed by atoms with Crippen molar-refractivity contribution in [1.82, 2.24) is 5.32 Å². The molecule has 1 N–H and O–H groups in total. The number of aliphatic imine (C=N–C) groups is 1. The summed E-state index contributed by atoms with van der Waals surface area (Å²) in [4.78, 5) is 17.6. The number of nitrogens with one attached hydrogen (secondary N) is 1. The average Bonchev–Trinajstić information content (AvgIpc) is 3.13. The van der Waals surface area contributed by atoms with Gasteiger partial charge in [-0.25, -0.2) is 4.99 Å². The van der Waals surface area contributed by atoms with Crippen LogP contribution in [0.4, 0.5) is 5.69 Å². The van der Waals surface area contributed by atoms with E-state index in [1.54, 1.807) is 7.11 Å². The fraction of sp³-hybridized carbons (Fsp3) is 0.0833. The van der Waals surface area contributed by atoms with E-state index in [2.05, 4.69) is 48.8 Å². The standard InChI is InChI=1S/C24H18BrIN2O3S/c1-30-20-12-16(11-18(26)22(20)31-14-15-7-3-2-4-8-15)13-21-23(29)28-24(32-21)27-19-10-6-5-9-17(19)25/h2-13H,14H2,1H3,(H,27,28,29)/b21-13+. The van der Waals surface area contributed by atoms with Gasteiger partial charge in [-0.15, -0.1) is 0 Å². The number of benzene rings is 3. The van der Waals surface area contributed by atoms with Crippen molar-refractivity contribution in [2.24, 2.45) is 4.99 Å². The van der Waals surface area contributed by atoms with Gasteiger partial charge in [0.2, 0.25) is 0 Å². The number of amidine groups is 1. The summed E-state index contributed by atoms with van der Waals surface area (Å²) in [5.41, 5.74) is 2.68. The van der Waals surface area contributed by atoms with E-state index < -0.39 is 0 Å². The average molecular weight is 621 g/mol. The summed E-state index contributed by atoms with van der Waals surface area (Å²) in [6.07, 6.45) is 1.83. The lowest BCUT2D eigenvalue weighted by atomic mass is 10.2. The van der Waals surface area contributed by atoms with E-state index in [1.807, 2.05) is 72.8 Å². The number of rotatable bonds is 6. The fourth-order valence-electron chi connectivity index (χ4n) is 2.98. The molecule has 3 aromatic carbocycles. The van der Waals surface area contributed by atoms with Crippen molar-refractivity contribution < 1.29 is 14.3 Å². The third kappa shape index (κ3) is 5.54. The number of hydrogen-bond donors (Lipinski definition) is 1. The van der Waals surface area contributed by atoms with Crippen molar-refractivity contribution in [3.63, 3.8) is 0 Å². The molecule has 32 heavy (non-hydrogen) atoms. The number of ether oxygens (including phenoxy) is 2. The van der Waals surface area contributed by atoms with Crippen LogP contribution in [-0.4, -0.2) is 18.2 Å². The predicted molar refractivity (Wildman–Crippen MR) is 141 cm³/mol. The minimum Gasteiger partial charge on any atom is -0.493 e. The van der Waals surface area contributed by atoms with E-state index >= 15 is 0 Å². The zero-order valence-electron chi connectivity index (χ0n) is 17.0. The van der Waals surface area contributed by atoms with Crippen LogP contribution in [0.3, 0.4) is 0 Å². The Labute approximate surface area is 212 Å². The molecule has 1 heterocycles. The molecule has 0 radical (unpaired) electrons. The maximum atomic E-state index is 12.5. The van der Waals surface area contributed by atoms with Crippen LogP contribution in [0.25, 0.3) is 6.08 Å². The Kier molecular flexibility index (Phi) is 7.54. The molecule has 0 spiro atoms. The van der Waals surface area contributed by atoms with Gasteiger partial charge in [-0.3, -0.25) is 4.79 Å². The molecule has 0 aliphatic carbocycles. The SMILES string of the molecule is COc1cc(/C=C2/SC(=Nc3ccccc3Br)NC2=O)cc(I)c1OCc1ccccc1. The Morgan fingerprint density at radius 3 is 2.62 bits per heavy atom. The van der Waals surface area contributed by atoms with Gasteiger partial charge in [0, 0.05) is 4.47 Å². The zero-order chi connectivity index (χ0) is 22.5. The quantitative estimate of drug-likeness (QED) is 0.251. The number of carbonyl (C=O) groups excluding carboxylic acids is 1. The van der Waals surface area contributed by atoms with Gasteiger partial charge in [-0.2, -0.15) is 0 Å². The van der Waals surface area contributed by atoms with E-state index in [-0.39, 0.29) is 5.91 Å². The molecule has 8 heteroatoms. The Morgan fingerprint density at radius 1 is 1.12 bits per heavy atom. The minimum atomic E-state index is -0.181. The number of thioether (sulfide) groups is 1. The number of amides is 1. The monoisotopic (exact) mass is 620 g/mol. The van der Waals surface area contributed by atoms with Crippen LogP contribution in [0.1, 0.15) is 11.1 Å². The molecule has 1 saturated heterocycles. The molecule has 0 unspecified atom stereocenters. The van der Waals surface area contributed by atoms with Crippen LogP contribution < -0.4 is 14.8 Å². The molecular weight excluding hydrogens is 603 g/mol. The Hall–Kier alpha value is -2.30. The second-order valence-electron chi connectivity index (χ2n) is 6.74. The van der Waals surface area contributed by atoms with E-state index in [9.17, 15) is 4.79 Å². The molecule has 1 fully saturated rings. The van der Waals surface area contributed by atoms with Gasteiger partial charge < -0.3 is 14.8 Å². The maximum Gasteiger partial charge on any atom is 0.264 e. The molecule has 0 saturated carbocycles. The number of carbonyl (C=O) groups is 1. The van der Waals surface area contributed by atoms with Crippen LogP contribution >= 0.6 is 50.3 Å². The molecule has 5 nitrogen and oxygen atoms in total. The van der Waals surface area contributed by atoms with Gasteiger partial charge in [0.1, 0.15) is 6.61 Å². The van der Waals surface area contributed by atoms with Gasteiger partial charge in [-0.1, -0.05) is 42.5 Å². The second-order valence-corrected chi connectivity index (χ2v) is 9.79. The van der Waals surface area contributed by atoms with Gasteiger partial charge in [-0.05, 0) is 91.8 Å². The minimum absolute atomic E-state index is 0.181. The first-order valence-electron chi connectivity index (χ1n) is 9.62. The lowest BCUT2D eigenvalue weighted by molar-refractivity contribution is -0.115. The molecule has 1 aliphatic heterocycles. The lowest BCUT2D eigenvalue weighted by Gasteiger charge is -2.14. The van der Waals surface area contributed by atoms with E-state index in [1.165, 1.54) is 11.8 Å². The number of nitrogens with zero attached hydrogens (tertiary/aromatic N) is 1. The summed E-state index contributed by atoms with van der Waals surface area (Å²) in [5.74, 6) is 1.11. The van der Waals surface area contributed by atoms with Gasteiger partial charge in [0.15, 0.2) is 16.7 Å². The van der Waals surface area contributed by atoms with Crippen LogP contribution in [0.5, 0.6) is 11.5 Å². The van der Waals surface area contributed by atoms with E-state index in [0.717, 1.165) is 24.9 Å². The van der Waals surface area contributed by atoms with Crippen molar-refractivity contribution >= 4 is 73.1 Å². The number of halogens is 2. The molecule has 0 bridgehead atoms. The van der Waals surface area contributed by atoms with Gasteiger partial charge in [0.25, 0.3) is 5.91 Å². The Balaban J connectivity index is 1.55. The maximum absolute atomic E-state index is 12.5. The molecule has 162 valence electrons. The summed E-state index contributed by atoms with van der Waals surface area (Å²) < 4.78 is 13.4. The number of methoxy groups -OCH3 is 1. The first-order chi connectivity index (χ1) is 15.5. The number of hydrogen-bond acceptors (Lipinski definition) is 5. The van der Waals surface area contributed by atoms with Crippen molar-refractivity contribution in [1.29, 1.82) is 0 Å². The normalized spacial score (nSPS) is 15.8. The molecule has 3 aromatic rings. The lowest BCUT2D eigenvalue weighted by Crippen LogP contribution is -2.19. The summed E-state index contributed by atoms with van der Waals surface area (Å²) in [6, 6.07) is 21.4. The highest BCUT2D eigenvalue weighted by atomic mass is 127. The first-order valence-corrected chi connectivity index (χ1v) is 12.3. The second kappa shape index (κ2) is 10.5. The van der Waals surface area contributed by atoms with Crippen LogP contribution in [0, 0.1) is 3.57 Å². The highest BCUT2D eigenvalue weighted by Gasteiger charge is 2.24. The van der Waals surface area contributed by atoms with Crippen LogP contribution in [-0.2, 0) is 11.4 Å². The van der Waals surface area contributed by atoms with Crippen LogP contribution in [0.2, 0.25) is 0 Å². The molecule has 4 rings (SSSR count). The third-order valence-corrected chi connectivity index (χ3v) is 6.88. The summed E-state index contributed by atoms with van der Waals surface area (Å²) in [6.45, 7) is 0.445. The Morgan fingerprint density at radius 2 is 1.88 bits per heavy atom. The van der Waals surface area contributed by atoms with Gasteiger partial charge in [0.05, 0.1) is 21.3 Å². The predicted octanol–water partition coefficient (Wildman–Crippen LogP) is 6.53. The molecule has 0 aromatic heterocycles. The first kappa shape index (κ1) is 22.9. The highest BCUT2D eigenvalue weighted by Crippen LogP contribution is 2.37. The van der Waals surface area contributed by atoms with Crippen LogP contribution in [0.15, 0.2) is 81.1 Å². The molecule has 1 amide bonds. The molecular formula is C24H18BrIN2O3S. The van der Waals surface area contributed by atoms with Crippen molar-refractivity contribution in [3.05, 3.63) is 90.8 Å². The summed E-state index contributed by atoms with van der Waals surface area (Å²) in [5, 5.41) is 3.36. The van der Waals surface area contributed by atoms with Gasteiger partial charge >= 0.3 is 0 Å². The van der Waals surface area contributed by atoms with E-state index in [0.29, 0.717) is 28.2 Å². The summed E-state index contributed by atoms with van der Waals surface area (Å²) in [7, 11) is 1.61.